The number of thioether (sulfide) groups is 1. The van der Waals surface area contributed by atoms with Crippen molar-refractivity contribution >= 4 is 27.6 Å². The molecule has 140 valence electrons. The van der Waals surface area contributed by atoms with Crippen LogP contribution in [0.4, 0.5) is 0 Å². The third kappa shape index (κ3) is 7.28. The van der Waals surface area contributed by atoms with Crippen LogP contribution in [0.25, 0.3) is 0 Å². The first-order valence-electron chi connectivity index (χ1n) is 8.71. The molecule has 1 aromatic rings. The van der Waals surface area contributed by atoms with Gasteiger partial charge in [-0.25, -0.2) is 13.4 Å². The van der Waals surface area contributed by atoms with Crippen molar-refractivity contribution in [2.75, 3.05) is 25.1 Å². The van der Waals surface area contributed by atoms with Crippen LogP contribution in [-0.2, 0) is 22.1 Å². The Kier molecular flexibility index (Phi) is 7.19. The van der Waals surface area contributed by atoms with Crippen LogP contribution in [-0.4, -0.2) is 44.2 Å². The lowest BCUT2D eigenvalue weighted by Crippen LogP contribution is -2.43. The number of nitrogens with zero attached hydrogens (tertiary/aromatic N) is 1. The molecule has 7 heteroatoms. The van der Waals surface area contributed by atoms with E-state index in [1.807, 2.05) is 36.0 Å². The van der Waals surface area contributed by atoms with Crippen LogP contribution in [0.15, 0.2) is 29.3 Å². The predicted molar refractivity (Wildman–Crippen MR) is 108 cm³/mol. The number of nitrogens with one attached hydrogen (secondary N) is 2. The average Bonchev–Trinajstić information content (AvgIpc) is 2.97. The number of hydrogen-bond acceptors (Lipinski definition) is 4. The first-order chi connectivity index (χ1) is 11.8. The Hall–Kier alpha value is -1.21. The summed E-state index contributed by atoms with van der Waals surface area (Å²) >= 11 is 2.03. The summed E-state index contributed by atoms with van der Waals surface area (Å²) in [6.07, 6.45) is 3.78. The molecule has 5 nitrogen and oxygen atoms in total. The Labute approximate surface area is 156 Å². The molecule has 0 saturated carbocycles. The van der Waals surface area contributed by atoms with E-state index in [0.29, 0.717) is 11.3 Å². The Morgan fingerprint density at radius 1 is 1.24 bits per heavy atom. The van der Waals surface area contributed by atoms with Crippen LogP contribution in [0.1, 0.15) is 37.8 Å². The number of guanidine groups is 1. The van der Waals surface area contributed by atoms with Crippen LogP contribution in [0, 0.1) is 0 Å². The molecule has 1 fully saturated rings. The number of benzene rings is 1. The summed E-state index contributed by atoms with van der Waals surface area (Å²) in [6.45, 7) is 6.67. The quantitative estimate of drug-likeness (QED) is 0.559. The fourth-order valence-electron chi connectivity index (χ4n) is 2.80. The average molecular weight is 384 g/mol. The summed E-state index contributed by atoms with van der Waals surface area (Å²) in [5.74, 6) is 2.15. The highest BCUT2D eigenvalue weighted by Gasteiger charge is 2.29. The number of rotatable bonds is 7. The van der Waals surface area contributed by atoms with Crippen molar-refractivity contribution < 1.29 is 8.42 Å². The Bertz CT molecular complexity index is 679. The second-order valence-electron chi connectivity index (χ2n) is 6.84. The topological polar surface area (TPSA) is 70.6 Å². The van der Waals surface area contributed by atoms with E-state index in [2.05, 4.69) is 29.5 Å². The molecule has 1 aliphatic rings. The lowest BCUT2D eigenvalue weighted by molar-refractivity contribution is 0.584. The van der Waals surface area contributed by atoms with Crippen LogP contribution in [0.3, 0.4) is 0 Å². The molecule has 1 atom stereocenters. The zero-order valence-corrected chi connectivity index (χ0v) is 17.0. The fourth-order valence-corrected chi connectivity index (χ4v) is 4.85. The molecule has 0 aliphatic carbocycles. The molecule has 1 heterocycles. The van der Waals surface area contributed by atoms with Crippen molar-refractivity contribution in [1.82, 2.24) is 10.6 Å². The minimum atomic E-state index is -2.99. The van der Waals surface area contributed by atoms with Gasteiger partial charge in [0, 0.05) is 24.1 Å². The normalized spacial score (nSPS) is 21.3. The van der Waals surface area contributed by atoms with Crippen molar-refractivity contribution in [3.63, 3.8) is 0 Å². The van der Waals surface area contributed by atoms with Gasteiger partial charge in [-0.05, 0) is 43.6 Å². The van der Waals surface area contributed by atoms with Gasteiger partial charge in [0.15, 0.2) is 15.8 Å². The van der Waals surface area contributed by atoms with Gasteiger partial charge in [0.05, 0.1) is 12.3 Å². The van der Waals surface area contributed by atoms with E-state index in [-0.39, 0.29) is 5.75 Å². The number of aliphatic imine (C=N–C) groups is 1. The predicted octanol–water partition coefficient (Wildman–Crippen LogP) is 2.57. The fraction of sp³-hybridized carbons (Fsp3) is 0.611. The van der Waals surface area contributed by atoms with Crippen molar-refractivity contribution in [1.29, 1.82) is 0 Å². The molecule has 1 saturated heterocycles. The zero-order chi connectivity index (χ0) is 18.3. The number of hydrogen-bond donors (Lipinski definition) is 2. The van der Waals surface area contributed by atoms with Gasteiger partial charge >= 0.3 is 0 Å². The van der Waals surface area contributed by atoms with Gasteiger partial charge in [-0.2, -0.15) is 11.8 Å². The summed E-state index contributed by atoms with van der Waals surface area (Å²) in [6, 6.07) is 7.62. The molecule has 0 amide bonds. The largest absolute Gasteiger partial charge is 0.357 e. The molecule has 2 N–H and O–H groups in total. The molecule has 0 bridgehead atoms. The van der Waals surface area contributed by atoms with Gasteiger partial charge in [0.25, 0.3) is 0 Å². The molecule has 0 radical (unpaired) electrons. The molecule has 1 aliphatic heterocycles. The number of sulfone groups is 1. The van der Waals surface area contributed by atoms with E-state index < -0.39 is 9.84 Å². The Morgan fingerprint density at radius 3 is 2.48 bits per heavy atom. The smallest absolute Gasteiger partial charge is 0.191 e. The third-order valence-corrected chi connectivity index (χ3v) is 6.54. The van der Waals surface area contributed by atoms with Gasteiger partial charge in [-0.3, -0.25) is 0 Å². The van der Waals surface area contributed by atoms with Gasteiger partial charge in [-0.15, -0.1) is 0 Å². The van der Waals surface area contributed by atoms with Crippen LogP contribution >= 0.6 is 11.8 Å². The minimum absolute atomic E-state index is 0.0804. The molecule has 25 heavy (non-hydrogen) atoms. The zero-order valence-electron chi connectivity index (χ0n) is 15.3. The second-order valence-corrected chi connectivity index (χ2v) is 10.7. The maximum absolute atomic E-state index is 11.3. The summed E-state index contributed by atoms with van der Waals surface area (Å²) < 4.78 is 23.0. The summed E-state index contributed by atoms with van der Waals surface area (Å²) in [7, 11) is -2.99. The first-order valence-corrected chi connectivity index (χ1v) is 11.8. The van der Waals surface area contributed by atoms with Crippen molar-refractivity contribution in [2.24, 2.45) is 4.99 Å². The highest BCUT2D eigenvalue weighted by Crippen LogP contribution is 2.36. The van der Waals surface area contributed by atoms with Crippen molar-refractivity contribution in [3.05, 3.63) is 35.4 Å². The molecule has 0 spiro atoms. The molecule has 0 aromatic heterocycles. The van der Waals surface area contributed by atoms with Gasteiger partial charge in [0.1, 0.15) is 0 Å². The van der Waals surface area contributed by atoms with Crippen molar-refractivity contribution in [2.45, 2.75) is 43.7 Å². The molecule has 1 aromatic carbocycles. The highest BCUT2D eigenvalue weighted by molar-refractivity contribution is 8.00. The minimum Gasteiger partial charge on any atom is -0.357 e. The van der Waals surface area contributed by atoms with Crippen LogP contribution in [0.2, 0.25) is 0 Å². The first kappa shape index (κ1) is 20.1. The Balaban J connectivity index is 1.93. The van der Waals surface area contributed by atoms with Gasteiger partial charge in [0.2, 0.25) is 0 Å². The molecular formula is C18H29N3O2S2. The maximum Gasteiger partial charge on any atom is 0.191 e. The summed E-state index contributed by atoms with van der Waals surface area (Å²) in [5, 5.41) is 6.74. The van der Waals surface area contributed by atoms with Crippen LogP contribution < -0.4 is 10.6 Å². The SMILES string of the molecule is CCNC(=NCc1ccc(CS(C)(=O)=O)cc1)NCC1(C)CCCS1. The van der Waals surface area contributed by atoms with E-state index in [0.717, 1.165) is 30.2 Å². The monoisotopic (exact) mass is 383 g/mol. The van der Waals surface area contributed by atoms with Gasteiger partial charge < -0.3 is 10.6 Å². The second kappa shape index (κ2) is 8.94. The van der Waals surface area contributed by atoms with Crippen LogP contribution in [0.5, 0.6) is 0 Å². The van der Waals surface area contributed by atoms with E-state index in [9.17, 15) is 8.42 Å². The summed E-state index contributed by atoms with van der Waals surface area (Å²) in [5.41, 5.74) is 1.88. The standard InChI is InChI=1S/C18H29N3O2S2/c1-4-19-17(21-14-18(2)10-5-11-24-18)20-12-15-6-8-16(9-7-15)13-25(3,22)23/h6-9H,4-5,10-14H2,1-3H3,(H2,19,20,21). The van der Waals surface area contributed by atoms with E-state index in [4.69, 9.17) is 0 Å². The van der Waals surface area contributed by atoms with E-state index >= 15 is 0 Å². The van der Waals surface area contributed by atoms with E-state index in [1.165, 1.54) is 24.9 Å². The maximum atomic E-state index is 11.3. The molecular weight excluding hydrogens is 354 g/mol. The highest BCUT2D eigenvalue weighted by atomic mass is 32.2. The Morgan fingerprint density at radius 2 is 1.92 bits per heavy atom. The molecule has 2 rings (SSSR count). The van der Waals surface area contributed by atoms with Crippen molar-refractivity contribution in [3.8, 4) is 0 Å². The van der Waals surface area contributed by atoms with E-state index in [1.54, 1.807) is 0 Å². The van der Waals surface area contributed by atoms with Gasteiger partial charge in [-0.1, -0.05) is 24.3 Å². The summed E-state index contributed by atoms with van der Waals surface area (Å²) in [4.78, 5) is 4.65. The third-order valence-electron chi connectivity index (χ3n) is 4.15. The lowest BCUT2D eigenvalue weighted by atomic mass is 10.1. The molecule has 1 unspecified atom stereocenters. The lowest BCUT2D eigenvalue weighted by Gasteiger charge is -2.24.